The fraction of sp³-hybridized carbons (Fsp3) is 0.500. The molecule has 2 heterocycles. The van der Waals surface area contributed by atoms with Gasteiger partial charge in [-0.15, -0.1) is 0 Å². The third kappa shape index (κ3) is 3.08. The zero-order valence-corrected chi connectivity index (χ0v) is 12.3. The molecule has 5 heteroatoms. The molecule has 1 fully saturated rings. The molecule has 0 aliphatic carbocycles. The van der Waals surface area contributed by atoms with Crippen molar-refractivity contribution in [1.82, 2.24) is 4.90 Å². The maximum atomic E-state index is 12.4. The second-order valence-electron chi connectivity index (χ2n) is 5.80. The lowest BCUT2D eigenvalue weighted by Gasteiger charge is -2.30. The van der Waals surface area contributed by atoms with Crippen LogP contribution in [0.25, 0.3) is 0 Å². The van der Waals surface area contributed by atoms with E-state index in [0.717, 1.165) is 43.8 Å². The van der Waals surface area contributed by atoms with Crippen molar-refractivity contribution in [3.8, 4) is 0 Å². The number of amides is 1. The summed E-state index contributed by atoms with van der Waals surface area (Å²) in [4.78, 5) is 14.1. The Morgan fingerprint density at radius 1 is 1.29 bits per heavy atom. The Labute approximate surface area is 124 Å². The molecule has 1 aromatic rings. The maximum Gasteiger partial charge on any atom is 0.253 e. The molecule has 0 spiro atoms. The van der Waals surface area contributed by atoms with E-state index >= 15 is 0 Å². The fourth-order valence-electron chi connectivity index (χ4n) is 2.86. The third-order valence-electron chi connectivity index (χ3n) is 4.07. The van der Waals surface area contributed by atoms with Gasteiger partial charge < -0.3 is 10.0 Å². The van der Waals surface area contributed by atoms with Crippen molar-refractivity contribution in [1.29, 1.82) is 0 Å². The number of nitrogens with zero attached hydrogens (tertiary/aromatic N) is 3. The molecule has 1 unspecified atom stereocenters. The minimum absolute atomic E-state index is 0.00130. The highest BCUT2D eigenvalue weighted by Gasteiger charge is 2.23. The van der Waals surface area contributed by atoms with Crippen molar-refractivity contribution < 1.29 is 9.90 Å². The fourth-order valence-corrected chi connectivity index (χ4v) is 2.86. The van der Waals surface area contributed by atoms with Gasteiger partial charge in [0, 0.05) is 37.3 Å². The summed E-state index contributed by atoms with van der Waals surface area (Å²) in [5.41, 5.74) is 2.83. The number of piperidine rings is 1. The maximum absolute atomic E-state index is 12.4. The Morgan fingerprint density at radius 3 is 2.67 bits per heavy atom. The van der Waals surface area contributed by atoms with Crippen LogP contribution >= 0.6 is 0 Å². The normalized spacial score (nSPS) is 22.4. The van der Waals surface area contributed by atoms with Gasteiger partial charge in [-0.3, -0.25) is 9.80 Å². The molecule has 112 valence electrons. The van der Waals surface area contributed by atoms with E-state index in [1.807, 2.05) is 36.2 Å². The van der Waals surface area contributed by atoms with Crippen molar-refractivity contribution in [2.45, 2.75) is 32.3 Å². The first kappa shape index (κ1) is 14.1. The summed E-state index contributed by atoms with van der Waals surface area (Å²) in [6.45, 7) is 4.10. The van der Waals surface area contributed by atoms with Crippen LogP contribution in [0.2, 0.25) is 0 Å². The molecule has 2 aliphatic heterocycles. The number of aliphatic hydroxyl groups excluding tert-OH is 1. The molecular formula is C16H21N3O2. The molecule has 1 saturated heterocycles. The van der Waals surface area contributed by atoms with E-state index in [9.17, 15) is 9.90 Å². The monoisotopic (exact) mass is 287 g/mol. The van der Waals surface area contributed by atoms with Crippen molar-refractivity contribution >= 4 is 17.3 Å². The minimum Gasteiger partial charge on any atom is -0.391 e. The molecule has 2 aliphatic rings. The number of β-amino-alcohol motifs (C(OH)–C–C–N with tert-alkyl or cyclic N) is 1. The van der Waals surface area contributed by atoms with Gasteiger partial charge in [-0.2, -0.15) is 5.10 Å². The van der Waals surface area contributed by atoms with Crippen LogP contribution in [0.4, 0.5) is 5.69 Å². The molecule has 21 heavy (non-hydrogen) atoms. The number of carbonyl (C=O) groups excluding carboxylic acids is 1. The highest BCUT2D eigenvalue weighted by atomic mass is 16.3. The predicted molar refractivity (Wildman–Crippen MR) is 82.7 cm³/mol. The number of hydrazone groups is 1. The molecular weight excluding hydrogens is 266 g/mol. The van der Waals surface area contributed by atoms with Crippen LogP contribution in [-0.4, -0.2) is 47.4 Å². The topological polar surface area (TPSA) is 56.1 Å². The van der Waals surface area contributed by atoms with Crippen LogP contribution in [0.5, 0.6) is 0 Å². The summed E-state index contributed by atoms with van der Waals surface area (Å²) in [5, 5.41) is 16.1. The zero-order chi connectivity index (χ0) is 14.8. The van der Waals surface area contributed by atoms with Gasteiger partial charge in [0.1, 0.15) is 0 Å². The van der Waals surface area contributed by atoms with Gasteiger partial charge in [-0.05, 0) is 44.0 Å². The van der Waals surface area contributed by atoms with Crippen molar-refractivity contribution in [3.63, 3.8) is 0 Å². The lowest BCUT2D eigenvalue weighted by molar-refractivity contribution is 0.0474. The number of carbonyl (C=O) groups is 1. The molecule has 1 amide bonds. The van der Waals surface area contributed by atoms with E-state index in [1.165, 1.54) is 0 Å². The first-order chi connectivity index (χ1) is 10.1. The van der Waals surface area contributed by atoms with Gasteiger partial charge >= 0.3 is 0 Å². The molecule has 0 aromatic heterocycles. The molecule has 0 radical (unpaired) electrons. The Hall–Kier alpha value is -1.88. The predicted octanol–water partition coefficient (Wildman–Crippen LogP) is 1.87. The second-order valence-corrected chi connectivity index (χ2v) is 5.80. The molecule has 3 rings (SSSR count). The summed E-state index contributed by atoms with van der Waals surface area (Å²) in [5.74, 6) is 0.00130. The molecule has 0 bridgehead atoms. The Kier molecular flexibility index (Phi) is 3.92. The van der Waals surface area contributed by atoms with Crippen molar-refractivity contribution in [2.75, 3.05) is 24.6 Å². The highest BCUT2D eigenvalue weighted by Crippen LogP contribution is 2.21. The molecule has 0 saturated carbocycles. The average molecular weight is 287 g/mol. The van der Waals surface area contributed by atoms with Gasteiger partial charge in [0.05, 0.1) is 11.8 Å². The van der Waals surface area contributed by atoms with Crippen LogP contribution in [0, 0.1) is 0 Å². The number of anilines is 1. The summed E-state index contributed by atoms with van der Waals surface area (Å²) in [6, 6.07) is 7.58. The quantitative estimate of drug-likeness (QED) is 0.903. The van der Waals surface area contributed by atoms with Gasteiger partial charge in [0.15, 0.2) is 0 Å². The van der Waals surface area contributed by atoms with Gasteiger partial charge in [-0.1, -0.05) is 0 Å². The highest BCUT2D eigenvalue weighted by molar-refractivity contribution is 5.94. The average Bonchev–Trinajstić information content (AvgIpc) is 2.93. The smallest absolute Gasteiger partial charge is 0.253 e. The van der Waals surface area contributed by atoms with Crippen molar-refractivity contribution in [2.24, 2.45) is 5.10 Å². The lowest BCUT2D eigenvalue weighted by atomic mass is 10.1. The number of likely N-dealkylation sites (tertiary alicyclic amines) is 1. The van der Waals surface area contributed by atoms with E-state index in [-0.39, 0.29) is 12.0 Å². The number of aliphatic hydroxyl groups is 1. The SMILES string of the molecule is CC1=NN(c2ccc(C(=O)N3CCCC(O)C3)cc2)CC1. The number of hydrogen-bond acceptors (Lipinski definition) is 4. The minimum atomic E-state index is -0.385. The van der Waals surface area contributed by atoms with E-state index in [1.54, 1.807) is 4.90 Å². The van der Waals surface area contributed by atoms with Gasteiger partial charge in [0.25, 0.3) is 5.91 Å². The van der Waals surface area contributed by atoms with E-state index in [4.69, 9.17) is 0 Å². The largest absolute Gasteiger partial charge is 0.391 e. The van der Waals surface area contributed by atoms with E-state index in [0.29, 0.717) is 12.1 Å². The zero-order valence-electron chi connectivity index (χ0n) is 12.3. The molecule has 1 atom stereocenters. The van der Waals surface area contributed by atoms with E-state index < -0.39 is 0 Å². The molecule has 1 aromatic carbocycles. The first-order valence-corrected chi connectivity index (χ1v) is 7.52. The van der Waals surface area contributed by atoms with E-state index in [2.05, 4.69) is 5.10 Å². The Bertz CT molecular complexity index is 553. The van der Waals surface area contributed by atoms with Crippen LogP contribution < -0.4 is 5.01 Å². The van der Waals surface area contributed by atoms with Crippen molar-refractivity contribution in [3.05, 3.63) is 29.8 Å². The summed E-state index contributed by atoms with van der Waals surface area (Å²) in [7, 11) is 0. The third-order valence-corrected chi connectivity index (χ3v) is 4.07. The van der Waals surface area contributed by atoms with Crippen LogP contribution in [-0.2, 0) is 0 Å². The Balaban J connectivity index is 1.70. The van der Waals surface area contributed by atoms with Crippen LogP contribution in [0.1, 0.15) is 36.5 Å². The van der Waals surface area contributed by atoms with Gasteiger partial charge in [-0.25, -0.2) is 0 Å². The van der Waals surface area contributed by atoms with Crippen LogP contribution in [0.3, 0.4) is 0 Å². The number of rotatable bonds is 2. The molecule has 1 N–H and O–H groups in total. The standard InChI is InChI=1S/C16H21N3O2/c1-12-8-10-19(17-12)14-6-4-13(5-7-14)16(21)18-9-2-3-15(20)11-18/h4-7,15,20H,2-3,8-11H2,1H3. The summed E-state index contributed by atoms with van der Waals surface area (Å²) < 4.78 is 0. The first-order valence-electron chi connectivity index (χ1n) is 7.52. The number of benzene rings is 1. The van der Waals surface area contributed by atoms with Gasteiger partial charge in [0.2, 0.25) is 0 Å². The van der Waals surface area contributed by atoms with Crippen LogP contribution in [0.15, 0.2) is 29.4 Å². The number of hydrogen-bond donors (Lipinski definition) is 1. The summed E-state index contributed by atoms with van der Waals surface area (Å²) >= 11 is 0. The lowest BCUT2D eigenvalue weighted by Crippen LogP contribution is -2.42. The Morgan fingerprint density at radius 2 is 2.05 bits per heavy atom. The second kappa shape index (κ2) is 5.85. The summed E-state index contributed by atoms with van der Waals surface area (Å²) in [6.07, 6.45) is 2.26. The molecule has 5 nitrogen and oxygen atoms in total.